The van der Waals surface area contributed by atoms with Gasteiger partial charge in [-0.1, -0.05) is 48.0 Å². The van der Waals surface area contributed by atoms with E-state index >= 15 is 0 Å². The van der Waals surface area contributed by atoms with Crippen LogP contribution in [0.4, 0.5) is 0 Å². The number of carbonyl (C=O) groups excluding carboxylic acids is 2. The average molecular weight is 440 g/mol. The van der Waals surface area contributed by atoms with Gasteiger partial charge >= 0.3 is 0 Å². The Kier molecular flexibility index (Phi) is 5.61. The van der Waals surface area contributed by atoms with E-state index < -0.39 is 17.7 Å². The number of benzene rings is 2. The molecule has 1 unspecified atom stereocenters. The van der Waals surface area contributed by atoms with Crippen LogP contribution in [0.25, 0.3) is 5.76 Å². The molecule has 0 saturated carbocycles. The predicted octanol–water partition coefficient (Wildman–Crippen LogP) is 5.03. The predicted molar refractivity (Wildman–Crippen MR) is 117 cm³/mol. The number of Topliss-reactive ketones (excluding diaryl/α,β-unsaturated/α-hetero) is 1. The number of methoxy groups -OCH3 is 1. The van der Waals surface area contributed by atoms with Crippen LogP contribution in [-0.4, -0.2) is 28.8 Å². The Morgan fingerprint density at radius 2 is 1.90 bits per heavy atom. The highest BCUT2D eigenvalue weighted by Gasteiger charge is 2.46. The molecule has 1 aliphatic heterocycles. The van der Waals surface area contributed by atoms with Crippen molar-refractivity contribution in [2.24, 2.45) is 0 Å². The van der Waals surface area contributed by atoms with Crippen molar-refractivity contribution in [2.45, 2.75) is 12.6 Å². The lowest BCUT2D eigenvalue weighted by atomic mass is 9.95. The molecule has 3 aromatic rings. The average Bonchev–Trinajstić information content (AvgIpc) is 3.36. The van der Waals surface area contributed by atoms with E-state index in [1.165, 1.54) is 23.3 Å². The first-order valence-electron chi connectivity index (χ1n) is 9.21. The maximum absolute atomic E-state index is 13.0. The molecule has 7 heteroatoms. The quantitative estimate of drug-likeness (QED) is 0.344. The Balaban J connectivity index is 1.87. The van der Waals surface area contributed by atoms with Crippen molar-refractivity contribution < 1.29 is 19.4 Å². The summed E-state index contributed by atoms with van der Waals surface area (Å²) in [5, 5.41) is 13.4. The highest BCUT2D eigenvalue weighted by atomic mass is 35.5. The van der Waals surface area contributed by atoms with Crippen LogP contribution < -0.4 is 4.74 Å². The normalized spacial score (nSPS) is 18.1. The van der Waals surface area contributed by atoms with E-state index in [-0.39, 0.29) is 17.9 Å². The number of ether oxygens (including phenoxy) is 1. The molecule has 0 aliphatic carbocycles. The molecule has 0 radical (unpaired) electrons. The van der Waals surface area contributed by atoms with Gasteiger partial charge in [0.15, 0.2) is 0 Å². The standard InChI is InChI=1S/C23H18ClNO4S/c1-29-18-12-15(9-10-17(18)24)21(26)19-20(14-6-3-2-4-7-14)25(23(28)22(19)27)13-16-8-5-11-30-16/h2-12,20,26H,13H2,1H3/b21-19-. The Labute approximate surface area is 182 Å². The van der Waals surface area contributed by atoms with Gasteiger partial charge in [0.2, 0.25) is 0 Å². The lowest BCUT2D eigenvalue weighted by Crippen LogP contribution is -2.28. The number of likely N-dealkylation sites (tertiary alicyclic amines) is 1. The Morgan fingerprint density at radius 1 is 1.13 bits per heavy atom. The van der Waals surface area contributed by atoms with Gasteiger partial charge < -0.3 is 14.7 Å². The van der Waals surface area contributed by atoms with Crippen LogP contribution in [0.1, 0.15) is 22.0 Å². The number of ketones is 1. The second-order valence-electron chi connectivity index (χ2n) is 6.77. The van der Waals surface area contributed by atoms with Gasteiger partial charge in [-0.05, 0) is 35.2 Å². The summed E-state index contributed by atoms with van der Waals surface area (Å²) in [4.78, 5) is 28.4. The Bertz CT molecular complexity index is 1130. The number of thiophene rings is 1. The van der Waals surface area contributed by atoms with E-state index in [9.17, 15) is 14.7 Å². The van der Waals surface area contributed by atoms with Gasteiger partial charge in [0, 0.05) is 10.4 Å². The van der Waals surface area contributed by atoms with Crippen molar-refractivity contribution in [2.75, 3.05) is 7.11 Å². The number of hydrogen-bond acceptors (Lipinski definition) is 5. The Hall–Kier alpha value is -3.09. The summed E-state index contributed by atoms with van der Waals surface area (Å²) in [5.74, 6) is -1.25. The van der Waals surface area contributed by atoms with Crippen molar-refractivity contribution in [3.8, 4) is 5.75 Å². The minimum absolute atomic E-state index is 0.0483. The fourth-order valence-corrected chi connectivity index (χ4v) is 4.46. The first kappa shape index (κ1) is 20.2. The summed E-state index contributed by atoms with van der Waals surface area (Å²) in [7, 11) is 1.47. The topological polar surface area (TPSA) is 66.8 Å². The van der Waals surface area contributed by atoms with Crippen molar-refractivity contribution in [3.05, 3.63) is 92.6 Å². The summed E-state index contributed by atoms with van der Waals surface area (Å²) in [6.07, 6.45) is 0. The van der Waals surface area contributed by atoms with Crippen molar-refractivity contribution in [3.63, 3.8) is 0 Å². The van der Waals surface area contributed by atoms with Gasteiger partial charge in [-0.3, -0.25) is 9.59 Å². The fourth-order valence-electron chi connectivity index (χ4n) is 3.56. The van der Waals surface area contributed by atoms with Crippen LogP contribution in [0.15, 0.2) is 71.6 Å². The smallest absolute Gasteiger partial charge is 0.295 e. The highest BCUT2D eigenvalue weighted by molar-refractivity contribution is 7.09. The molecule has 1 aromatic heterocycles. The third-order valence-corrected chi connectivity index (χ3v) is 6.16. The summed E-state index contributed by atoms with van der Waals surface area (Å²) >= 11 is 7.60. The second kappa shape index (κ2) is 8.34. The molecule has 1 amide bonds. The maximum atomic E-state index is 13.0. The van der Waals surface area contributed by atoms with E-state index in [0.29, 0.717) is 16.3 Å². The fraction of sp³-hybridized carbons (Fsp3) is 0.130. The summed E-state index contributed by atoms with van der Waals surface area (Å²) in [6, 6.07) is 17.0. The van der Waals surface area contributed by atoms with Crippen LogP contribution in [0.3, 0.4) is 0 Å². The minimum atomic E-state index is -0.716. The second-order valence-corrected chi connectivity index (χ2v) is 8.21. The molecular formula is C23H18ClNO4S. The number of aliphatic hydroxyl groups excluding tert-OH is 1. The number of rotatable bonds is 5. The summed E-state index contributed by atoms with van der Waals surface area (Å²) < 4.78 is 5.22. The van der Waals surface area contributed by atoms with E-state index in [1.807, 2.05) is 47.8 Å². The number of nitrogens with zero attached hydrogens (tertiary/aromatic N) is 1. The molecular weight excluding hydrogens is 422 g/mol. The molecule has 1 N–H and O–H groups in total. The molecule has 2 heterocycles. The van der Waals surface area contributed by atoms with Crippen LogP contribution in [0.2, 0.25) is 5.02 Å². The molecule has 4 rings (SSSR count). The molecule has 2 aromatic carbocycles. The van der Waals surface area contributed by atoms with E-state index in [2.05, 4.69) is 0 Å². The highest BCUT2D eigenvalue weighted by Crippen LogP contribution is 2.41. The number of halogens is 1. The molecule has 152 valence electrons. The largest absolute Gasteiger partial charge is 0.507 e. The first-order valence-corrected chi connectivity index (χ1v) is 10.5. The molecule has 5 nitrogen and oxygen atoms in total. The van der Waals surface area contributed by atoms with Gasteiger partial charge in [-0.25, -0.2) is 0 Å². The lowest BCUT2D eigenvalue weighted by molar-refractivity contribution is -0.140. The lowest BCUT2D eigenvalue weighted by Gasteiger charge is -2.25. The summed E-state index contributed by atoms with van der Waals surface area (Å²) in [5.41, 5.74) is 1.15. The maximum Gasteiger partial charge on any atom is 0.295 e. The molecule has 0 spiro atoms. The summed E-state index contributed by atoms with van der Waals surface area (Å²) in [6.45, 7) is 0.280. The van der Waals surface area contributed by atoms with Crippen LogP contribution in [0.5, 0.6) is 5.75 Å². The third-order valence-electron chi connectivity index (χ3n) is 4.99. The van der Waals surface area contributed by atoms with Gasteiger partial charge in [0.25, 0.3) is 11.7 Å². The number of aliphatic hydroxyl groups is 1. The van der Waals surface area contributed by atoms with Crippen molar-refractivity contribution in [1.29, 1.82) is 0 Å². The molecule has 1 atom stereocenters. The van der Waals surface area contributed by atoms with Crippen molar-refractivity contribution >= 4 is 40.4 Å². The number of carbonyl (C=O) groups is 2. The molecule has 1 fully saturated rings. The minimum Gasteiger partial charge on any atom is -0.507 e. The van der Waals surface area contributed by atoms with Crippen LogP contribution >= 0.6 is 22.9 Å². The zero-order valence-corrected chi connectivity index (χ0v) is 17.6. The van der Waals surface area contributed by atoms with Gasteiger partial charge in [0.05, 0.1) is 30.3 Å². The number of amides is 1. The molecule has 1 aliphatic rings. The van der Waals surface area contributed by atoms with E-state index in [4.69, 9.17) is 16.3 Å². The Morgan fingerprint density at radius 3 is 2.57 bits per heavy atom. The van der Waals surface area contributed by atoms with Gasteiger partial charge in [-0.15, -0.1) is 11.3 Å². The van der Waals surface area contributed by atoms with Crippen LogP contribution in [0, 0.1) is 0 Å². The zero-order chi connectivity index (χ0) is 21.3. The van der Waals surface area contributed by atoms with E-state index in [0.717, 1.165) is 10.4 Å². The molecule has 1 saturated heterocycles. The van der Waals surface area contributed by atoms with E-state index in [1.54, 1.807) is 18.2 Å². The molecule has 0 bridgehead atoms. The monoisotopic (exact) mass is 439 g/mol. The van der Waals surface area contributed by atoms with Gasteiger partial charge in [-0.2, -0.15) is 0 Å². The van der Waals surface area contributed by atoms with Gasteiger partial charge in [0.1, 0.15) is 11.5 Å². The molecule has 30 heavy (non-hydrogen) atoms. The number of hydrogen-bond donors (Lipinski definition) is 1. The first-order chi connectivity index (χ1) is 14.5. The SMILES string of the molecule is COc1cc(/C(O)=C2/C(=O)C(=O)N(Cc3cccs3)C2c2ccccc2)ccc1Cl. The zero-order valence-electron chi connectivity index (χ0n) is 16.0. The van der Waals surface area contributed by atoms with Crippen LogP contribution in [-0.2, 0) is 16.1 Å². The third kappa shape index (κ3) is 3.60. The van der Waals surface area contributed by atoms with Crippen molar-refractivity contribution in [1.82, 2.24) is 4.90 Å².